The molecule has 1 aliphatic carbocycles. The summed E-state index contributed by atoms with van der Waals surface area (Å²) in [5, 5.41) is 12.3. The van der Waals surface area contributed by atoms with Crippen LogP contribution in [0, 0.1) is 0 Å². The molecule has 0 aromatic carbocycles. The monoisotopic (exact) mass is 311 g/mol. The van der Waals surface area contributed by atoms with Gasteiger partial charge in [-0.15, -0.1) is 10.2 Å². The second-order valence-corrected chi connectivity index (χ2v) is 6.20. The average Bonchev–Trinajstić information content (AvgIpc) is 3.22. The number of thioether (sulfide) groups is 1. The number of nitrogens with one attached hydrogen (secondary N) is 1. The van der Waals surface area contributed by atoms with Crippen molar-refractivity contribution in [3.8, 4) is 0 Å². The summed E-state index contributed by atoms with van der Waals surface area (Å²) in [5.74, 6) is 1.37. The predicted octanol–water partition coefficient (Wildman–Crippen LogP) is 0.505. The van der Waals surface area contributed by atoms with Crippen molar-refractivity contribution in [3.05, 3.63) is 0 Å². The van der Waals surface area contributed by atoms with Crippen molar-refractivity contribution in [1.82, 2.24) is 20.1 Å². The van der Waals surface area contributed by atoms with E-state index >= 15 is 0 Å². The molecule has 7 nitrogen and oxygen atoms in total. The molecule has 0 spiro atoms. The molecule has 1 aromatic rings. The average molecular weight is 311 g/mol. The molecule has 0 atom stereocenters. The third kappa shape index (κ3) is 3.68. The fraction of sp³-hybridized carbons (Fsp3) is 0.769. The summed E-state index contributed by atoms with van der Waals surface area (Å²) in [6, 6.07) is 0.408. The second-order valence-electron chi connectivity index (χ2n) is 5.26. The van der Waals surface area contributed by atoms with Gasteiger partial charge < -0.3 is 15.0 Å². The van der Waals surface area contributed by atoms with Crippen molar-refractivity contribution in [2.24, 2.45) is 0 Å². The van der Waals surface area contributed by atoms with Crippen LogP contribution in [0.3, 0.4) is 0 Å². The number of morpholine rings is 1. The zero-order chi connectivity index (χ0) is 14.7. The van der Waals surface area contributed by atoms with Crippen molar-refractivity contribution >= 4 is 23.6 Å². The molecule has 8 heteroatoms. The Morgan fingerprint density at radius 3 is 2.81 bits per heavy atom. The van der Waals surface area contributed by atoms with Gasteiger partial charge in [0.25, 0.3) is 0 Å². The lowest BCUT2D eigenvalue weighted by Crippen LogP contribution is -2.38. The molecule has 21 heavy (non-hydrogen) atoms. The molecule has 2 heterocycles. The van der Waals surface area contributed by atoms with E-state index in [2.05, 4.69) is 31.9 Å². The van der Waals surface area contributed by atoms with E-state index in [4.69, 9.17) is 4.74 Å². The molecule has 116 valence electrons. The second kappa shape index (κ2) is 6.65. The highest BCUT2D eigenvalue weighted by atomic mass is 32.2. The van der Waals surface area contributed by atoms with Crippen molar-refractivity contribution in [3.63, 3.8) is 0 Å². The van der Waals surface area contributed by atoms with E-state index in [0.29, 0.717) is 11.8 Å². The van der Waals surface area contributed by atoms with Gasteiger partial charge in [-0.2, -0.15) is 0 Å². The maximum Gasteiger partial charge on any atom is 0.230 e. The van der Waals surface area contributed by atoms with Crippen LogP contribution in [0.5, 0.6) is 0 Å². The molecular weight excluding hydrogens is 290 g/mol. The lowest BCUT2D eigenvalue weighted by molar-refractivity contribution is -0.118. The Balaban J connectivity index is 1.61. The maximum atomic E-state index is 11.8. The van der Waals surface area contributed by atoms with Gasteiger partial charge in [0, 0.05) is 25.7 Å². The molecule has 1 aromatic heterocycles. The fourth-order valence-corrected chi connectivity index (χ4v) is 3.10. The van der Waals surface area contributed by atoms with E-state index in [0.717, 1.165) is 56.8 Å². The number of rotatable bonds is 6. The Hall–Kier alpha value is -1.28. The van der Waals surface area contributed by atoms with Crippen LogP contribution in [0.4, 0.5) is 5.95 Å². The zero-order valence-corrected chi connectivity index (χ0v) is 13.1. The van der Waals surface area contributed by atoms with Gasteiger partial charge in [0.2, 0.25) is 11.9 Å². The minimum absolute atomic E-state index is 0.0843. The Morgan fingerprint density at radius 1 is 1.38 bits per heavy atom. The van der Waals surface area contributed by atoms with E-state index < -0.39 is 0 Å². The van der Waals surface area contributed by atoms with Crippen LogP contribution < -0.4 is 10.2 Å². The number of nitrogens with zero attached hydrogens (tertiary/aromatic N) is 4. The fourth-order valence-electron chi connectivity index (χ4n) is 2.29. The third-order valence-electron chi connectivity index (χ3n) is 3.58. The Morgan fingerprint density at radius 2 is 2.14 bits per heavy atom. The highest BCUT2D eigenvalue weighted by Crippen LogP contribution is 2.23. The number of aromatic nitrogens is 3. The standard InChI is InChI=1S/C13H21N5O2S/c1-2-18-12(17-5-7-20-8-6-17)15-16-13(18)21-9-11(19)14-10-3-4-10/h10H,2-9H2,1H3,(H,14,19). The first kappa shape index (κ1) is 14.6. The number of hydrogen-bond donors (Lipinski definition) is 1. The molecular formula is C13H21N5O2S. The quantitative estimate of drug-likeness (QED) is 0.772. The molecule has 2 aliphatic rings. The minimum atomic E-state index is 0.0843. The smallest absolute Gasteiger partial charge is 0.230 e. The summed E-state index contributed by atoms with van der Waals surface area (Å²) in [4.78, 5) is 13.9. The Bertz CT molecular complexity index is 497. The van der Waals surface area contributed by atoms with Gasteiger partial charge in [-0.3, -0.25) is 9.36 Å². The molecule has 1 saturated carbocycles. The number of amides is 1. The van der Waals surface area contributed by atoms with E-state index in [9.17, 15) is 4.79 Å². The van der Waals surface area contributed by atoms with E-state index in [-0.39, 0.29) is 5.91 Å². The molecule has 0 radical (unpaired) electrons. The van der Waals surface area contributed by atoms with Gasteiger partial charge in [-0.1, -0.05) is 11.8 Å². The number of carbonyl (C=O) groups excluding carboxylic acids is 1. The normalized spacial score (nSPS) is 18.8. The number of hydrogen-bond acceptors (Lipinski definition) is 6. The summed E-state index contributed by atoms with van der Waals surface area (Å²) in [6.45, 7) is 6.00. The van der Waals surface area contributed by atoms with Gasteiger partial charge in [-0.05, 0) is 19.8 Å². The van der Waals surface area contributed by atoms with Gasteiger partial charge in [0.15, 0.2) is 5.16 Å². The molecule has 2 fully saturated rings. The summed E-state index contributed by atoms with van der Waals surface area (Å²) in [7, 11) is 0. The number of carbonyl (C=O) groups is 1. The molecule has 1 amide bonds. The summed E-state index contributed by atoms with van der Waals surface area (Å²) < 4.78 is 7.44. The third-order valence-corrected chi connectivity index (χ3v) is 4.55. The largest absolute Gasteiger partial charge is 0.378 e. The summed E-state index contributed by atoms with van der Waals surface area (Å²) >= 11 is 1.45. The predicted molar refractivity (Wildman–Crippen MR) is 80.6 cm³/mol. The first-order valence-corrected chi connectivity index (χ1v) is 8.44. The van der Waals surface area contributed by atoms with Gasteiger partial charge in [-0.25, -0.2) is 0 Å². The van der Waals surface area contributed by atoms with Gasteiger partial charge in [0.1, 0.15) is 0 Å². The Kier molecular flexibility index (Phi) is 4.64. The van der Waals surface area contributed by atoms with Crippen LogP contribution >= 0.6 is 11.8 Å². The van der Waals surface area contributed by atoms with Crippen molar-refractivity contribution in [2.45, 2.75) is 37.5 Å². The lowest BCUT2D eigenvalue weighted by atomic mass is 10.4. The van der Waals surface area contributed by atoms with E-state index in [1.54, 1.807) is 0 Å². The molecule has 0 bridgehead atoms. The SMILES string of the molecule is CCn1c(SCC(=O)NC2CC2)nnc1N1CCOCC1. The zero-order valence-electron chi connectivity index (χ0n) is 12.2. The molecule has 1 aliphatic heterocycles. The summed E-state index contributed by atoms with van der Waals surface area (Å²) in [6.07, 6.45) is 2.23. The highest BCUT2D eigenvalue weighted by molar-refractivity contribution is 7.99. The first-order chi connectivity index (χ1) is 10.3. The molecule has 3 rings (SSSR count). The maximum absolute atomic E-state index is 11.8. The van der Waals surface area contributed by atoms with Crippen molar-refractivity contribution < 1.29 is 9.53 Å². The highest BCUT2D eigenvalue weighted by Gasteiger charge is 2.24. The lowest BCUT2D eigenvalue weighted by Gasteiger charge is -2.27. The number of anilines is 1. The molecule has 1 N–H and O–H groups in total. The van der Waals surface area contributed by atoms with Crippen LogP contribution in [0.1, 0.15) is 19.8 Å². The van der Waals surface area contributed by atoms with Crippen LogP contribution in [-0.2, 0) is 16.1 Å². The molecule has 1 saturated heterocycles. The van der Waals surface area contributed by atoms with Crippen LogP contribution in [0.2, 0.25) is 0 Å². The van der Waals surface area contributed by atoms with Crippen molar-refractivity contribution in [2.75, 3.05) is 37.0 Å². The van der Waals surface area contributed by atoms with Crippen LogP contribution in [0.15, 0.2) is 5.16 Å². The Labute approximate surface area is 128 Å². The van der Waals surface area contributed by atoms with Crippen molar-refractivity contribution in [1.29, 1.82) is 0 Å². The summed E-state index contributed by atoms with van der Waals surface area (Å²) in [5.41, 5.74) is 0. The van der Waals surface area contributed by atoms with E-state index in [1.807, 2.05) is 0 Å². The van der Waals surface area contributed by atoms with Crippen LogP contribution in [0.25, 0.3) is 0 Å². The molecule has 0 unspecified atom stereocenters. The number of ether oxygens (including phenoxy) is 1. The van der Waals surface area contributed by atoms with Gasteiger partial charge >= 0.3 is 0 Å². The van der Waals surface area contributed by atoms with Gasteiger partial charge in [0.05, 0.1) is 19.0 Å². The topological polar surface area (TPSA) is 72.3 Å². The van der Waals surface area contributed by atoms with E-state index in [1.165, 1.54) is 11.8 Å². The minimum Gasteiger partial charge on any atom is -0.378 e. The van der Waals surface area contributed by atoms with Crippen LogP contribution in [-0.4, -0.2) is 58.8 Å². The first-order valence-electron chi connectivity index (χ1n) is 7.46.